The fourth-order valence-corrected chi connectivity index (χ4v) is 5.50. The average Bonchev–Trinajstić information content (AvgIpc) is 2.90. The van der Waals surface area contributed by atoms with E-state index in [0.717, 1.165) is 5.56 Å². The lowest BCUT2D eigenvalue weighted by molar-refractivity contribution is -0.131. The molecule has 1 aromatic carbocycles. The number of hydrogen-bond acceptors (Lipinski definition) is 5. The first-order chi connectivity index (χ1) is 14.1. The predicted molar refractivity (Wildman–Crippen MR) is 120 cm³/mol. The molecule has 1 amide bonds. The summed E-state index contributed by atoms with van der Waals surface area (Å²) in [7, 11) is -3.46. The molecule has 0 aliphatic carbocycles. The van der Waals surface area contributed by atoms with Gasteiger partial charge in [0.15, 0.2) is 5.96 Å². The Bertz CT molecular complexity index is 919. The van der Waals surface area contributed by atoms with Crippen molar-refractivity contribution in [1.29, 1.82) is 0 Å². The number of benzene rings is 1. The third-order valence-corrected chi connectivity index (χ3v) is 7.32. The van der Waals surface area contributed by atoms with Gasteiger partial charge in [-0.15, -0.1) is 0 Å². The summed E-state index contributed by atoms with van der Waals surface area (Å²) in [4.78, 5) is 18.9. The summed E-state index contributed by atoms with van der Waals surface area (Å²) in [5.74, 6) is 0.778. The number of rotatable bonds is 7. The standard InChI is InChI=1S/C22H32N4O3S/c1-17(2)15-22(3)20(27)26(21(23)24-22)16-19-9-12-25(13-10-19)30(28,29)14-11-18-7-5-4-6-8-18/h4-8,11,14,17,19H,9-10,12-13,15-16H2,1-3H3,(H2,23,24)/b14-11+. The number of carbonyl (C=O) groups is 1. The van der Waals surface area contributed by atoms with E-state index in [9.17, 15) is 13.2 Å². The molecule has 2 aliphatic heterocycles. The highest BCUT2D eigenvalue weighted by molar-refractivity contribution is 7.92. The van der Waals surface area contributed by atoms with Crippen molar-refractivity contribution in [2.45, 2.75) is 45.6 Å². The summed E-state index contributed by atoms with van der Waals surface area (Å²) in [6.45, 7) is 7.35. The molecule has 1 fully saturated rings. The van der Waals surface area contributed by atoms with Crippen LogP contribution in [-0.4, -0.2) is 54.7 Å². The Labute approximate surface area is 179 Å². The van der Waals surface area contributed by atoms with Crippen molar-refractivity contribution in [3.63, 3.8) is 0 Å². The van der Waals surface area contributed by atoms with Gasteiger partial charge in [0.25, 0.3) is 5.91 Å². The normalized spacial score (nSPS) is 24.2. The van der Waals surface area contributed by atoms with Crippen LogP contribution in [0.4, 0.5) is 0 Å². The zero-order valence-electron chi connectivity index (χ0n) is 18.0. The second kappa shape index (κ2) is 8.89. The molecule has 1 atom stereocenters. The highest BCUT2D eigenvalue weighted by Gasteiger charge is 2.44. The second-order valence-corrected chi connectivity index (χ2v) is 10.7. The van der Waals surface area contributed by atoms with E-state index in [4.69, 9.17) is 5.73 Å². The van der Waals surface area contributed by atoms with Gasteiger partial charge < -0.3 is 5.73 Å². The lowest BCUT2D eigenvalue weighted by atomic mass is 9.90. The first kappa shape index (κ1) is 22.5. The van der Waals surface area contributed by atoms with Crippen LogP contribution in [0.25, 0.3) is 6.08 Å². The van der Waals surface area contributed by atoms with E-state index in [0.29, 0.717) is 44.8 Å². The van der Waals surface area contributed by atoms with Gasteiger partial charge in [-0.05, 0) is 49.7 Å². The van der Waals surface area contributed by atoms with Gasteiger partial charge in [0.1, 0.15) is 5.54 Å². The number of hydrogen-bond donors (Lipinski definition) is 1. The molecule has 1 unspecified atom stereocenters. The minimum atomic E-state index is -3.46. The monoisotopic (exact) mass is 432 g/mol. The molecule has 1 saturated heterocycles. The number of sulfonamides is 1. The van der Waals surface area contributed by atoms with Crippen molar-refractivity contribution >= 4 is 28.0 Å². The van der Waals surface area contributed by atoms with Crippen molar-refractivity contribution in [2.24, 2.45) is 22.6 Å². The van der Waals surface area contributed by atoms with Gasteiger partial charge in [0.05, 0.1) is 0 Å². The van der Waals surface area contributed by atoms with E-state index in [1.54, 1.807) is 11.0 Å². The van der Waals surface area contributed by atoms with Crippen molar-refractivity contribution in [1.82, 2.24) is 9.21 Å². The molecule has 0 saturated carbocycles. The molecule has 30 heavy (non-hydrogen) atoms. The van der Waals surface area contributed by atoms with Crippen molar-refractivity contribution in [2.75, 3.05) is 19.6 Å². The molecular formula is C22H32N4O3S. The molecule has 3 rings (SSSR count). The van der Waals surface area contributed by atoms with Crippen molar-refractivity contribution < 1.29 is 13.2 Å². The summed E-state index contributed by atoms with van der Waals surface area (Å²) >= 11 is 0. The Morgan fingerprint density at radius 1 is 1.23 bits per heavy atom. The number of aliphatic imine (C=N–C) groups is 1. The summed E-state index contributed by atoms with van der Waals surface area (Å²) in [6.07, 6.45) is 3.66. The van der Waals surface area contributed by atoms with Crippen LogP contribution in [0.5, 0.6) is 0 Å². The Balaban J connectivity index is 1.56. The van der Waals surface area contributed by atoms with E-state index < -0.39 is 15.6 Å². The zero-order valence-corrected chi connectivity index (χ0v) is 18.8. The van der Waals surface area contributed by atoms with Gasteiger partial charge in [-0.3, -0.25) is 9.69 Å². The molecule has 0 spiro atoms. The maximum Gasteiger partial charge on any atom is 0.257 e. The van der Waals surface area contributed by atoms with Crippen LogP contribution in [0, 0.1) is 11.8 Å². The number of guanidine groups is 1. The fourth-order valence-electron chi connectivity index (χ4n) is 4.28. The van der Waals surface area contributed by atoms with Crippen LogP contribution in [0.3, 0.4) is 0 Å². The van der Waals surface area contributed by atoms with Gasteiger partial charge in [-0.25, -0.2) is 13.4 Å². The molecule has 2 aliphatic rings. The molecule has 2 N–H and O–H groups in total. The van der Waals surface area contributed by atoms with Gasteiger partial charge >= 0.3 is 0 Å². The van der Waals surface area contributed by atoms with Crippen LogP contribution < -0.4 is 5.73 Å². The lowest BCUT2D eigenvalue weighted by Crippen LogP contribution is -2.47. The highest BCUT2D eigenvalue weighted by atomic mass is 32.2. The minimum Gasteiger partial charge on any atom is -0.369 e. The third kappa shape index (κ3) is 5.10. The molecule has 0 aromatic heterocycles. The van der Waals surface area contributed by atoms with Gasteiger partial charge in [0.2, 0.25) is 10.0 Å². The molecule has 0 bridgehead atoms. The zero-order chi connectivity index (χ0) is 21.9. The fraction of sp³-hybridized carbons (Fsp3) is 0.545. The lowest BCUT2D eigenvalue weighted by Gasteiger charge is -2.33. The molecule has 0 radical (unpaired) electrons. The molecule has 2 heterocycles. The van der Waals surface area contributed by atoms with Crippen molar-refractivity contribution in [3.8, 4) is 0 Å². The maximum atomic E-state index is 12.9. The van der Waals surface area contributed by atoms with E-state index in [2.05, 4.69) is 18.8 Å². The number of nitrogens with two attached hydrogens (primary N) is 1. The van der Waals surface area contributed by atoms with Crippen molar-refractivity contribution in [3.05, 3.63) is 41.3 Å². The Hall–Kier alpha value is -2.19. The van der Waals surface area contributed by atoms with Gasteiger partial charge in [-0.2, -0.15) is 4.31 Å². The molecule has 8 heteroatoms. The highest BCUT2D eigenvalue weighted by Crippen LogP contribution is 2.30. The van der Waals surface area contributed by atoms with Crippen LogP contribution in [0.15, 0.2) is 40.7 Å². The first-order valence-electron chi connectivity index (χ1n) is 10.5. The Kier molecular flexibility index (Phi) is 6.67. The number of carbonyl (C=O) groups excluding carboxylic acids is 1. The molecular weight excluding hydrogens is 400 g/mol. The summed E-state index contributed by atoms with van der Waals surface area (Å²) in [5, 5.41) is 1.27. The van der Waals surface area contributed by atoms with E-state index in [-0.39, 0.29) is 17.8 Å². The van der Waals surface area contributed by atoms with E-state index in [1.807, 2.05) is 37.3 Å². The van der Waals surface area contributed by atoms with Crippen LogP contribution in [-0.2, 0) is 14.8 Å². The number of nitrogens with zero attached hydrogens (tertiary/aromatic N) is 3. The summed E-state index contributed by atoms with van der Waals surface area (Å²) in [6, 6.07) is 9.37. The minimum absolute atomic E-state index is 0.0467. The van der Waals surface area contributed by atoms with Crippen LogP contribution in [0.2, 0.25) is 0 Å². The first-order valence-corrected chi connectivity index (χ1v) is 12.0. The molecule has 1 aromatic rings. The molecule has 164 valence electrons. The number of piperidine rings is 1. The largest absolute Gasteiger partial charge is 0.369 e. The predicted octanol–water partition coefficient (Wildman–Crippen LogP) is 2.66. The summed E-state index contributed by atoms with van der Waals surface area (Å²) < 4.78 is 26.8. The third-order valence-electron chi connectivity index (χ3n) is 5.76. The van der Waals surface area contributed by atoms with Crippen LogP contribution >= 0.6 is 0 Å². The van der Waals surface area contributed by atoms with E-state index in [1.165, 1.54) is 9.71 Å². The topological polar surface area (TPSA) is 96.1 Å². The summed E-state index contributed by atoms with van der Waals surface area (Å²) in [5.41, 5.74) is 6.13. The Morgan fingerprint density at radius 2 is 1.87 bits per heavy atom. The Morgan fingerprint density at radius 3 is 2.47 bits per heavy atom. The average molecular weight is 433 g/mol. The second-order valence-electron chi connectivity index (χ2n) is 8.86. The van der Waals surface area contributed by atoms with Gasteiger partial charge in [0, 0.05) is 25.0 Å². The van der Waals surface area contributed by atoms with Crippen LogP contribution in [0.1, 0.15) is 45.6 Å². The smallest absolute Gasteiger partial charge is 0.257 e. The number of amides is 1. The quantitative estimate of drug-likeness (QED) is 0.716. The molecule has 7 nitrogen and oxygen atoms in total. The SMILES string of the molecule is CC(C)CC1(C)N=C(N)N(CC2CCN(S(=O)(=O)/C=C/c3ccccc3)CC2)C1=O. The maximum absolute atomic E-state index is 12.9. The van der Waals surface area contributed by atoms with Gasteiger partial charge in [-0.1, -0.05) is 44.2 Å². The van der Waals surface area contributed by atoms with E-state index >= 15 is 0 Å².